The van der Waals surface area contributed by atoms with Crippen LogP contribution in [-0.2, 0) is 4.79 Å². The number of amides is 4. The van der Waals surface area contributed by atoms with Gasteiger partial charge in [0.2, 0.25) is 5.91 Å². The van der Waals surface area contributed by atoms with E-state index in [1.165, 1.54) is 0 Å². The van der Waals surface area contributed by atoms with E-state index in [-0.39, 0.29) is 29.8 Å². The lowest BCUT2D eigenvalue weighted by Gasteiger charge is -2.14. The lowest BCUT2D eigenvalue weighted by molar-refractivity contribution is -0.117. The van der Waals surface area contributed by atoms with Crippen LogP contribution in [0.15, 0.2) is 60.7 Å². The summed E-state index contributed by atoms with van der Waals surface area (Å²) in [6, 6.07) is 18.4. The van der Waals surface area contributed by atoms with Gasteiger partial charge in [0.1, 0.15) is 0 Å². The summed E-state index contributed by atoms with van der Waals surface area (Å²) < 4.78 is 0. The number of anilines is 3. The Labute approximate surface area is 185 Å². The molecule has 4 amide bonds. The largest absolute Gasteiger partial charge is 0.335 e. The average Bonchev–Trinajstić information content (AvgIpc) is 3.69. The molecule has 0 atom stereocenters. The molecule has 0 heterocycles. The third kappa shape index (κ3) is 4.72. The van der Waals surface area contributed by atoms with Crippen molar-refractivity contribution in [1.82, 2.24) is 5.32 Å². The van der Waals surface area contributed by atoms with Gasteiger partial charge in [0, 0.05) is 23.3 Å². The maximum atomic E-state index is 13.1. The van der Waals surface area contributed by atoms with Crippen LogP contribution in [0.25, 0.3) is 10.8 Å². The van der Waals surface area contributed by atoms with Gasteiger partial charge in [-0.1, -0.05) is 24.3 Å². The molecule has 162 valence electrons. The van der Waals surface area contributed by atoms with Crippen molar-refractivity contribution in [2.24, 2.45) is 5.92 Å². The van der Waals surface area contributed by atoms with Gasteiger partial charge < -0.3 is 21.3 Å². The first kappa shape index (κ1) is 20.1. The van der Waals surface area contributed by atoms with Gasteiger partial charge >= 0.3 is 6.03 Å². The van der Waals surface area contributed by atoms with Gasteiger partial charge in [-0.15, -0.1) is 0 Å². The summed E-state index contributed by atoms with van der Waals surface area (Å²) in [6.45, 7) is 0. The fourth-order valence-electron chi connectivity index (χ4n) is 3.53. The Kier molecular flexibility index (Phi) is 5.23. The Morgan fingerprint density at radius 3 is 1.97 bits per heavy atom. The van der Waals surface area contributed by atoms with Crippen molar-refractivity contribution in [3.05, 3.63) is 66.2 Å². The first-order valence-electron chi connectivity index (χ1n) is 10.9. The molecule has 0 radical (unpaired) electrons. The second kappa shape index (κ2) is 8.34. The molecule has 2 aliphatic carbocycles. The monoisotopic (exact) mass is 428 g/mol. The zero-order valence-corrected chi connectivity index (χ0v) is 17.5. The van der Waals surface area contributed by atoms with E-state index >= 15 is 0 Å². The molecule has 0 saturated heterocycles. The number of rotatable bonds is 6. The minimum atomic E-state index is -0.311. The molecule has 3 aromatic rings. The smallest absolute Gasteiger partial charge is 0.319 e. The van der Waals surface area contributed by atoms with E-state index in [4.69, 9.17) is 0 Å². The zero-order chi connectivity index (χ0) is 22.1. The van der Waals surface area contributed by atoms with E-state index in [2.05, 4.69) is 21.3 Å². The number of carbonyl (C=O) groups excluding carboxylic acids is 3. The van der Waals surface area contributed by atoms with Crippen molar-refractivity contribution < 1.29 is 14.4 Å². The van der Waals surface area contributed by atoms with E-state index < -0.39 is 0 Å². The number of carbonyl (C=O) groups is 3. The summed E-state index contributed by atoms with van der Waals surface area (Å²) in [5.74, 6) is -0.321. The fourth-order valence-corrected chi connectivity index (χ4v) is 3.53. The topological polar surface area (TPSA) is 99.3 Å². The maximum Gasteiger partial charge on any atom is 0.319 e. The van der Waals surface area contributed by atoms with E-state index in [1.54, 1.807) is 30.3 Å². The van der Waals surface area contributed by atoms with Crippen molar-refractivity contribution >= 4 is 45.7 Å². The minimum Gasteiger partial charge on any atom is -0.335 e. The van der Waals surface area contributed by atoms with E-state index in [0.717, 1.165) is 36.5 Å². The SMILES string of the molecule is O=C(Nc1ccc(NC(=O)c2cc3ccccc3cc2NC(=O)C2CC2)cc1)NC1CC1. The molecule has 2 fully saturated rings. The molecular weight excluding hydrogens is 404 g/mol. The Morgan fingerprint density at radius 2 is 1.34 bits per heavy atom. The maximum absolute atomic E-state index is 13.1. The zero-order valence-electron chi connectivity index (χ0n) is 17.5. The molecule has 4 N–H and O–H groups in total. The molecule has 0 bridgehead atoms. The number of benzene rings is 3. The first-order chi connectivity index (χ1) is 15.5. The van der Waals surface area contributed by atoms with Gasteiger partial charge in [-0.05, 0) is 72.9 Å². The van der Waals surface area contributed by atoms with E-state index in [0.29, 0.717) is 22.6 Å². The summed E-state index contributed by atoms with van der Waals surface area (Å²) in [5.41, 5.74) is 2.15. The normalized spacial score (nSPS) is 15.1. The molecule has 5 rings (SSSR count). The average molecular weight is 428 g/mol. The van der Waals surface area contributed by atoms with Gasteiger partial charge in [0.25, 0.3) is 5.91 Å². The molecule has 2 saturated carbocycles. The lowest BCUT2D eigenvalue weighted by Crippen LogP contribution is -2.30. The highest BCUT2D eigenvalue weighted by Gasteiger charge is 2.30. The highest BCUT2D eigenvalue weighted by Crippen LogP contribution is 2.32. The van der Waals surface area contributed by atoms with Crippen LogP contribution < -0.4 is 21.3 Å². The third-order valence-corrected chi connectivity index (χ3v) is 5.65. The van der Waals surface area contributed by atoms with Gasteiger partial charge in [0.05, 0.1) is 11.3 Å². The van der Waals surface area contributed by atoms with Crippen LogP contribution in [0.3, 0.4) is 0 Å². The summed E-state index contributed by atoms with van der Waals surface area (Å²) >= 11 is 0. The molecule has 0 aliphatic heterocycles. The Morgan fingerprint density at radius 1 is 0.719 bits per heavy atom. The van der Waals surface area contributed by atoms with Crippen molar-refractivity contribution in [2.45, 2.75) is 31.7 Å². The first-order valence-corrected chi connectivity index (χ1v) is 10.9. The third-order valence-electron chi connectivity index (χ3n) is 5.65. The van der Waals surface area contributed by atoms with Gasteiger partial charge in [-0.3, -0.25) is 9.59 Å². The Hall–Kier alpha value is -3.87. The number of fused-ring (bicyclic) bond motifs is 1. The molecular formula is C25H24N4O3. The van der Waals surface area contributed by atoms with Crippen molar-refractivity contribution in [3.8, 4) is 0 Å². The molecule has 7 heteroatoms. The fraction of sp³-hybridized carbons (Fsp3) is 0.240. The summed E-state index contributed by atoms with van der Waals surface area (Å²) in [4.78, 5) is 37.3. The van der Waals surface area contributed by atoms with Gasteiger partial charge in [-0.2, -0.15) is 0 Å². The molecule has 0 spiro atoms. The predicted molar refractivity (Wildman–Crippen MR) is 125 cm³/mol. The minimum absolute atomic E-state index is 0.0366. The van der Waals surface area contributed by atoms with Crippen LogP contribution in [0.4, 0.5) is 21.9 Å². The molecule has 0 aromatic heterocycles. The second-order valence-electron chi connectivity index (χ2n) is 8.41. The molecule has 7 nitrogen and oxygen atoms in total. The Balaban J connectivity index is 1.33. The van der Waals surface area contributed by atoms with Gasteiger partial charge in [0.15, 0.2) is 0 Å². The standard InChI is InChI=1S/C25H24N4O3/c30-23(15-5-6-15)29-22-14-17-4-2-1-3-16(17)13-21(22)24(31)26-18-7-9-19(10-8-18)27-25(32)28-20-11-12-20/h1-4,7-10,13-15,20H,5-6,11-12H2,(H,26,31)(H,29,30)(H2,27,28,32). The van der Waals surface area contributed by atoms with Crippen LogP contribution in [0.1, 0.15) is 36.0 Å². The van der Waals surface area contributed by atoms with Crippen LogP contribution in [0.5, 0.6) is 0 Å². The van der Waals surface area contributed by atoms with Gasteiger partial charge in [-0.25, -0.2) is 4.79 Å². The highest BCUT2D eigenvalue weighted by atomic mass is 16.2. The van der Waals surface area contributed by atoms with Crippen LogP contribution >= 0.6 is 0 Å². The predicted octanol–water partition coefficient (Wildman–Crippen LogP) is 4.72. The summed E-state index contributed by atoms with van der Waals surface area (Å²) in [6.07, 6.45) is 3.83. The molecule has 2 aliphatic rings. The number of hydrogen-bond acceptors (Lipinski definition) is 3. The van der Waals surface area contributed by atoms with Crippen LogP contribution in [0, 0.1) is 5.92 Å². The number of urea groups is 1. The van der Waals surface area contributed by atoms with E-state index in [1.807, 2.05) is 30.3 Å². The lowest BCUT2D eigenvalue weighted by atomic mass is 10.0. The summed E-state index contributed by atoms with van der Waals surface area (Å²) in [7, 11) is 0. The van der Waals surface area contributed by atoms with Crippen molar-refractivity contribution in [1.29, 1.82) is 0 Å². The quantitative estimate of drug-likeness (QED) is 0.457. The number of hydrogen-bond donors (Lipinski definition) is 4. The van der Waals surface area contributed by atoms with E-state index in [9.17, 15) is 14.4 Å². The van der Waals surface area contributed by atoms with Crippen molar-refractivity contribution in [2.75, 3.05) is 16.0 Å². The van der Waals surface area contributed by atoms with Crippen LogP contribution in [0.2, 0.25) is 0 Å². The number of nitrogens with one attached hydrogen (secondary N) is 4. The van der Waals surface area contributed by atoms with Crippen LogP contribution in [-0.4, -0.2) is 23.9 Å². The van der Waals surface area contributed by atoms with Crippen molar-refractivity contribution in [3.63, 3.8) is 0 Å². The summed E-state index contributed by atoms with van der Waals surface area (Å²) in [5, 5.41) is 13.3. The molecule has 32 heavy (non-hydrogen) atoms. The molecule has 3 aromatic carbocycles. The highest BCUT2D eigenvalue weighted by molar-refractivity contribution is 6.13. The Bertz CT molecular complexity index is 1200. The molecule has 0 unspecified atom stereocenters. The second-order valence-corrected chi connectivity index (χ2v) is 8.41.